The lowest BCUT2D eigenvalue weighted by Gasteiger charge is -2.25. The third-order valence-electron chi connectivity index (χ3n) is 4.98. The van der Waals surface area contributed by atoms with E-state index >= 15 is 0 Å². The highest BCUT2D eigenvalue weighted by Crippen LogP contribution is 2.19. The minimum atomic E-state index is 0.692. The van der Waals surface area contributed by atoms with Gasteiger partial charge in [-0.05, 0) is 60.2 Å². The summed E-state index contributed by atoms with van der Waals surface area (Å²) in [6, 6.07) is 0. The molecular formula is C22H35N7. The maximum absolute atomic E-state index is 4.87. The first-order valence-electron chi connectivity index (χ1n) is 10.3. The highest BCUT2D eigenvalue weighted by atomic mass is 15.5. The van der Waals surface area contributed by atoms with Crippen LogP contribution >= 0.6 is 0 Å². The Bertz CT molecular complexity index is 747. The molecule has 158 valence electrons. The van der Waals surface area contributed by atoms with Gasteiger partial charge in [-0.25, -0.2) is 5.01 Å². The van der Waals surface area contributed by atoms with Gasteiger partial charge >= 0.3 is 0 Å². The number of hydrazone groups is 1. The van der Waals surface area contributed by atoms with E-state index in [4.69, 9.17) is 10.1 Å². The zero-order valence-corrected chi connectivity index (χ0v) is 18.4. The molecule has 7 nitrogen and oxygen atoms in total. The molecule has 0 saturated carbocycles. The van der Waals surface area contributed by atoms with E-state index in [9.17, 15) is 0 Å². The average Bonchev–Trinajstić information content (AvgIpc) is 3.24. The van der Waals surface area contributed by atoms with Gasteiger partial charge < -0.3 is 10.2 Å². The second kappa shape index (κ2) is 11.5. The molecule has 0 aliphatic carbocycles. The summed E-state index contributed by atoms with van der Waals surface area (Å²) in [7, 11) is 1.91. The van der Waals surface area contributed by atoms with Crippen LogP contribution in [0.25, 0.3) is 0 Å². The van der Waals surface area contributed by atoms with Crippen LogP contribution in [-0.2, 0) is 0 Å². The molecule has 0 aromatic carbocycles. The van der Waals surface area contributed by atoms with E-state index in [1.807, 2.05) is 32.1 Å². The Morgan fingerprint density at radius 2 is 2.03 bits per heavy atom. The molecule has 1 fully saturated rings. The van der Waals surface area contributed by atoms with Crippen molar-refractivity contribution in [3.63, 3.8) is 0 Å². The number of nitrogens with zero attached hydrogens (tertiary/aromatic N) is 6. The number of hydrogen-bond donors (Lipinski definition) is 1. The first-order valence-corrected chi connectivity index (χ1v) is 10.3. The fourth-order valence-electron chi connectivity index (χ4n) is 3.24. The van der Waals surface area contributed by atoms with Crippen LogP contribution in [0.5, 0.6) is 0 Å². The molecule has 0 unspecified atom stereocenters. The lowest BCUT2D eigenvalue weighted by atomic mass is 10.2. The summed E-state index contributed by atoms with van der Waals surface area (Å²) in [5.74, 6) is 1.02. The SMILES string of the molecule is C=N/C(=C\C(=NCCC/C(C)=N/N1C(=C)C(C)=NC=C1C)N1CCCC1)CNC. The van der Waals surface area contributed by atoms with Crippen LogP contribution < -0.4 is 5.32 Å². The number of likely N-dealkylation sites (N-methyl/N-ethyl adjacent to an activating group) is 1. The van der Waals surface area contributed by atoms with Gasteiger partial charge in [-0.15, -0.1) is 0 Å². The van der Waals surface area contributed by atoms with Crippen molar-refractivity contribution in [2.45, 2.75) is 46.5 Å². The van der Waals surface area contributed by atoms with E-state index < -0.39 is 0 Å². The zero-order valence-electron chi connectivity index (χ0n) is 18.4. The third-order valence-corrected chi connectivity index (χ3v) is 4.98. The molecule has 2 aliphatic heterocycles. The van der Waals surface area contributed by atoms with Crippen LogP contribution in [0.15, 0.2) is 56.0 Å². The molecule has 29 heavy (non-hydrogen) atoms. The molecule has 0 bridgehead atoms. The monoisotopic (exact) mass is 397 g/mol. The van der Waals surface area contributed by atoms with Crippen molar-refractivity contribution in [2.75, 3.05) is 33.2 Å². The van der Waals surface area contributed by atoms with Gasteiger partial charge in [-0.1, -0.05) is 6.58 Å². The average molecular weight is 398 g/mol. The Kier molecular flexibility index (Phi) is 8.99. The summed E-state index contributed by atoms with van der Waals surface area (Å²) in [6.07, 6.45) is 8.16. The Morgan fingerprint density at radius 1 is 1.31 bits per heavy atom. The Morgan fingerprint density at radius 3 is 2.69 bits per heavy atom. The summed E-state index contributed by atoms with van der Waals surface area (Å²) in [5, 5.41) is 9.73. The summed E-state index contributed by atoms with van der Waals surface area (Å²) in [4.78, 5) is 15.7. The minimum Gasteiger partial charge on any atom is -0.357 e. The van der Waals surface area contributed by atoms with Crippen LogP contribution in [0.2, 0.25) is 0 Å². The van der Waals surface area contributed by atoms with Crippen LogP contribution in [0.1, 0.15) is 46.5 Å². The lowest BCUT2D eigenvalue weighted by molar-refractivity contribution is 0.470. The molecule has 0 amide bonds. The first kappa shape index (κ1) is 22.7. The fourth-order valence-corrected chi connectivity index (χ4v) is 3.24. The summed E-state index contributed by atoms with van der Waals surface area (Å²) in [6.45, 7) is 17.3. The van der Waals surface area contributed by atoms with Crippen molar-refractivity contribution >= 4 is 24.0 Å². The number of rotatable bonds is 9. The normalized spacial score (nSPS) is 18.9. The third kappa shape index (κ3) is 6.78. The van der Waals surface area contributed by atoms with Crippen LogP contribution in [0.4, 0.5) is 0 Å². The molecule has 0 atom stereocenters. The second-order valence-electron chi connectivity index (χ2n) is 7.44. The van der Waals surface area contributed by atoms with Gasteiger partial charge in [0, 0.05) is 44.2 Å². The van der Waals surface area contributed by atoms with Crippen molar-refractivity contribution < 1.29 is 0 Å². The Hall–Kier alpha value is -2.54. The summed E-state index contributed by atoms with van der Waals surface area (Å²) < 4.78 is 0. The zero-order chi connectivity index (χ0) is 21.2. The van der Waals surface area contributed by atoms with Gasteiger partial charge in [-0.2, -0.15) is 5.10 Å². The molecule has 0 aromatic rings. The van der Waals surface area contributed by atoms with Gasteiger partial charge in [0.05, 0.1) is 22.8 Å². The van der Waals surface area contributed by atoms with Crippen LogP contribution in [0, 0.1) is 0 Å². The molecule has 0 spiro atoms. The molecule has 1 saturated heterocycles. The molecule has 2 rings (SSSR count). The number of likely N-dealkylation sites (tertiary alicyclic amines) is 1. The number of allylic oxidation sites excluding steroid dienone is 2. The van der Waals surface area contributed by atoms with E-state index in [2.05, 4.69) is 46.5 Å². The predicted molar refractivity (Wildman–Crippen MR) is 125 cm³/mol. The molecule has 2 aliphatic rings. The molecule has 1 N–H and O–H groups in total. The van der Waals surface area contributed by atoms with E-state index in [0.29, 0.717) is 6.54 Å². The summed E-state index contributed by atoms with van der Waals surface area (Å²) >= 11 is 0. The van der Waals surface area contributed by atoms with Crippen molar-refractivity contribution in [1.29, 1.82) is 0 Å². The minimum absolute atomic E-state index is 0.692. The van der Waals surface area contributed by atoms with Crippen molar-refractivity contribution in [1.82, 2.24) is 15.2 Å². The topological polar surface area (TPSA) is 68.0 Å². The number of nitrogens with one attached hydrogen (secondary N) is 1. The fraction of sp³-hybridized carbons (Fsp3) is 0.545. The maximum Gasteiger partial charge on any atom is 0.125 e. The smallest absolute Gasteiger partial charge is 0.125 e. The number of hydrogen-bond acceptors (Lipinski definition) is 6. The van der Waals surface area contributed by atoms with Crippen molar-refractivity contribution in [3.05, 3.63) is 35.9 Å². The van der Waals surface area contributed by atoms with E-state index in [1.165, 1.54) is 12.8 Å². The van der Waals surface area contributed by atoms with Crippen LogP contribution in [-0.4, -0.2) is 67.1 Å². The molecule has 2 heterocycles. The van der Waals surface area contributed by atoms with Gasteiger partial charge in [0.25, 0.3) is 0 Å². The molecular weight excluding hydrogens is 362 g/mol. The molecule has 0 radical (unpaired) electrons. The van der Waals surface area contributed by atoms with Gasteiger partial charge in [-0.3, -0.25) is 15.0 Å². The number of aliphatic imine (C=N–C) groups is 3. The predicted octanol–water partition coefficient (Wildman–Crippen LogP) is 3.59. The largest absolute Gasteiger partial charge is 0.357 e. The Labute approximate surface area is 175 Å². The van der Waals surface area contributed by atoms with E-state index in [-0.39, 0.29) is 0 Å². The van der Waals surface area contributed by atoms with Gasteiger partial charge in [0.15, 0.2) is 0 Å². The molecule has 0 aromatic heterocycles. The van der Waals surface area contributed by atoms with Gasteiger partial charge in [0.1, 0.15) is 5.84 Å². The lowest BCUT2D eigenvalue weighted by Crippen LogP contribution is -2.27. The van der Waals surface area contributed by atoms with Gasteiger partial charge in [0.2, 0.25) is 0 Å². The maximum atomic E-state index is 4.87. The second-order valence-corrected chi connectivity index (χ2v) is 7.44. The van der Waals surface area contributed by atoms with Crippen molar-refractivity contribution in [2.24, 2.45) is 20.1 Å². The highest BCUT2D eigenvalue weighted by molar-refractivity contribution is 5.98. The van der Waals surface area contributed by atoms with Crippen LogP contribution in [0.3, 0.4) is 0 Å². The Balaban J connectivity index is 1.98. The standard InChI is InChI=1S/C22H35N7/c1-17(27-29-18(2)15-26-19(3)20(29)4)10-9-11-25-22(28-12-7-8-13-28)14-21(24-6)16-23-5/h14-15,23H,4,6-13,16H2,1-3,5H3/b21-14-,25-22?,27-17+. The summed E-state index contributed by atoms with van der Waals surface area (Å²) in [5.41, 5.74) is 4.68. The quantitative estimate of drug-likeness (QED) is 0.367. The van der Waals surface area contributed by atoms with E-state index in [0.717, 1.165) is 66.8 Å². The van der Waals surface area contributed by atoms with Crippen molar-refractivity contribution in [3.8, 4) is 0 Å². The first-order chi connectivity index (χ1) is 14.0. The number of amidine groups is 1. The molecule has 7 heteroatoms. The van der Waals surface area contributed by atoms with E-state index in [1.54, 1.807) is 0 Å². The highest BCUT2D eigenvalue weighted by Gasteiger charge is 2.16.